The minimum atomic E-state index is -0.0614. The first-order valence-corrected chi connectivity index (χ1v) is 5.09. The van der Waals surface area contributed by atoms with Gasteiger partial charge in [-0.1, -0.05) is 32.0 Å². The van der Waals surface area contributed by atoms with Crippen molar-refractivity contribution in [3.05, 3.63) is 34.9 Å². The molecule has 0 aliphatic heterocycles. The summed E-state index contributed by atoms with van der Waals surface area (Å²) >= 11 is 0. The molecule has 0 aliphatic rings. The van der Waals surface area contributed by atoms with Crippen molar-refractivity contribution >= 4 is 0 Å². The van der Waals surface area contributed by atoms with E-state index < -0.39 is 0 Å². The van der Waals surface area contributed by atoms with Crippen molar-refractivity contribution < 1.29 is 0 Å². The number of benzene rings is 1. The maximum Gasteiger partial charge on any atom is 0.0810 e. The molecule has 0 amide bonds. The molecule has 0 saturated heterocycles. The first kappa shape index (κ1) is 11.2. The zero-order valence-corrected chi connectivity index (χ0v) is 9.46. The van der Waals surface area contributed by atoms with E-state index in [0.717, 1.165) is 0 Å². The zero-order chi connectivity index (χ0) is 10.7. The number of hydrogen-bond acceptors (Lipinski definition) is 2. The summed E-state index contributed by atoms with van der Waals surface area (Å²) in [7, 11) is 1.88. The van der Waals surface area contributed by atoms with E-state index in [1.165, 1.54) is 16.7 Å². The topological polar surface area (TPSA) is 38.0 Å². The molecule has 78 valence electrons. The standard InChI is InChI=1S/C12H20N2/c1-8(2)10-6-5-9(3)11(7-10)12(13)14-4/h5-8,12,14H,13H2,1-4H3. The zero-order valence-electron chi connectivity index (χ0n) is 9.46. The summed E-state index contributed by atoms with van der Waals surface area (Å²) in [5.74, 6) is 0.554. The van der Waals surface area contributed by atoms with E-state index in [2.05, 4.69) is 44.3 Å². The molecule has 0 fully saturated rings. The van der Waals surface area contributed by atoms with Crippen LogP contribution in [0.3, 0.4) is 0 Å². The van der Waals surface area contributed by atoms with E-state index in [1.807, 2.05) is 7.05 Å². The Morgan fingerprint density at radius 2 is 1.93 bits per heavy atom. The highest BCUT2D eigenvalue weighted by molar-refractivity contribution is 5.34. The molecule has 1 atom stereocenters. The van der Waals surface area contributed by atoms with E-state index in [0.29, 0.717) is 5.92 Å². The number of hydrogen-bond donors (Lipinski definition) is 2. The highest BCUT2D eigenvalue weighted by Crippen LogP contribution is 2.21. The lowest BCUT2D eigenvalue weighted by molar-refractivity contribution is 0.617. The van der Waals surface area contributed by atoms with Gasteiger partial charge in [0.15, 0.2) is 0 Å². The van der Waals surface area contributed by atoms with Crippen LogP contribution in [0.1, 0.15) is 42.6 Å². The minimum Gasteiger partial charge on any atom is -0.312 e. The van der Waals surface area contributed by atoms with Crippen LogP contribution in [0.5, 0.6) is 0 Å². The molecule has 0 aromatic heterocycles. The average Bonchev–Trinajstić information content (AvgIpc) is 2.17. The summed E-state index contributed by atoms with van der Waals surface area (Å²) < 4.78 is 0. The molecule has 0 aliphatic carbocycles. The summed E-state index contributed by atoms with van der Waals surface area (Å²) in [4.78, 5) is 0. The van der Waals surface area contributed by atoms with Crippen LogP contribution < -0.4 is 11.1 Å². The summed E-state index contributed by atoms with van der Waals surface area (Å²) in [6, 6.07) is 6.51. The van der Waals surface area contributed by atoms with E-state index in [-0.39, 0.29) is 6.17 Å². The summed E-state index contributed by atoms with van der Waals surface area (Å²) in [6.45, 7) is 6.48. The molecule has 0 bridgehead atoms. The third-order valence-corrected chi connectivity index (χ3v) is 2.62. The van der Waals surface area contributed by atoms with Crippen LogP contribution in [-0.4, -0.2) is 7.05 Å². The molecule has 0 spiro atoms. The fraction of sp³-hybridized carbons (Fsp3) is 0.500. The Morgan fingerprint density at radius 3 is 2.43 bits per heavy atom. The third kappa shape index (κ3) is 2.34. The number of aryl methyl sites for hydroxylation is 1. The fourth-order valence-electron chi connectivity index (χ4n) is 1.51. The van der Waals surface area contributed by atoms with E-state index >= 15 is 0 Å². The van der Waals surface area contributed by atoms with Crippen molar-refractivity contribution in [2.75, 3.05) is 7.05 Å². The second-order valence-electron chi connectivity index (χ2n) is 4.04. The minimum absolute atomic E-state index is 0.0614. The Balaban J connectivity index is 3.08. The van der Waals surface area contributed by atoms with Gasteiger partial charge in [-0.25, -0.2) is 0 Å². The fourth-order valence-corrected chi connectivity index (χ4v) is 1.51. The van der Waals surface area contributed by atoms with Crippen molar-refractivity contribution in [3.8, 4) is 0 Å². The Labute approximate surface area is 86.5 Å². The maximum absolute atomic E-state index is 5.95. The monoisotopic (exact) mass is 192 g/mol. The van der Waals surface area contributed by atoms with Gasteiger partial charge in [0.05, 0.1) is 6.17 Å². The molecule has 2 heteroatoms. The van der Waals surface area contributed by atoms with Gasteiger partial charge < -0.3 is 11.1 Å². The van der Waals surface area contributed by atoms with Crippen LogP contribution in [0.25, 0.3) is 0 Å². The number of nitrogens with one attached hydrogen (secondary N) is 1. The van der Waals surface area contributed by atoms with Crippen LogP contribution >= 0.6 is 0 Å². The van der Waals surface area contributed by atoms with Crippen LogP contribution in [0.2, 0.25) is 0 Å². The normalized spacial score (nSPS) is 13.3. The Hall–Kier alpha value is -0.860. The molecule has 1 rings (SSSR count). The summed E-state index contributed by atoms with van der Waals surface area (Å²) in [6.07, 6.45) is -0.0614. The van der Waals surface area contributed by atoms with Crippen LogP contribution in [-0.2, 0) is 0 Å². The Kier molecular flexibility index (Phi) is 3.67. The highest BCUT2D eigenvalue weighted by atomic mass is 15.0. The number of rotatable bonds is 3. The van der Waals surface area contributed by atoms with E-state index in [4.69, 9.17) is 5.73 Å². The molecule has 1 aromatic carbocycles. The average molecular weight is 192 g/mol. The second kappa shape index (κ2) is 4.58. The van der Waals surface area contributed by atoms with Gasteiger partial charge in [-0.05, 0) is 36.6 Å². The Morgan fingerprint density at radius 1 is 1.29 bits per heavy atom. The lowest BCUT2D eigenvalue weighted by Crippen LogP contribution is -2.25. The molecule has 14 heavy (non-hydrogen) atoms. The van der Waals surface area contributed by atoms with Gasteiger partial charge in [0.2, 0.25) is 0 Å². The molecule has 1 aromatic rings. The number of nitrogens with two attached hydrogens (primary N) is 1. The van der Waals surface area contributed by atoms with Crippen molar-refractivity contribution in [2.24, 2.45) is 5.73 Å². The smallest absolute Gasteiger partial charge is 0.0810 e. The van der Waals surface area contributed by atoms with Crippen LogP contribution in [0, 0.1) is 6.92 Å². The lowest BCUT2D eigenvalue weighted by Gasteiger charge is -2.16. The SMILES string of the molecule is CNC(N)c1cc(C(C)C)ccc1C. The molecule has 0 saturated carbocycles. The largest absolute Gasteiger partial charge is 0.312 e. The van der Waals surface area contributed by atoms with Crippen LogP contribution in [0.4, 0.5) is 0 Å². The highest BCUT2D eigenvalue weighted by Gasteiger charge is 2.08. The predicted molar refractivity (Wildman–Crippen MR) is 61.3 cm³/mol. The van der Waals surface area contributed by atoms with Gasteiger partial charge in [0.1, 0.15) is 0 Å². The van der Waals surface area contributed by atoms with Crippen molar-refractivity contribution in [3.63, 3.8) is 0 Å². The van der Waals surface area contributed by atoms with Gasteiger partial charge in [-0.2, -0.15) is 0 Å². The lowest BCUT2D eigenvalue weighted by atomic mass is 9.97. The van der Waals surface area contributed by atoms with Gasteiger partial charge >= 0.3 is 0 Å². The molecule has 2 nitrogen and oxygen atoms in total. The molecular weight excluding hydrogens is 172 g/mol. The summed E-state index contributed by atoms with van der Waals surface area (Å²) in [5.41, 5.74) is 9.74. The van der Waals surface area contributed by atoms with Crippen molar-refractivity contribution in [1.82, 2.24) is 5.32 Å². The first-order chi connectivity index (χ1) is 6.56. The van der Waals surface area contributed by atoms with E-state index in [9.17, 15) is 0 Å². The molecule has 0 radical (unpaired) electrons. The molecule has 3 N–H and O–H groups in total. The van der Waals surface area contributed by atoms with Gasteiger partial charge in [0.25, 0.3) is 0 Å². The predicted octanol–water partition coefficient (Wildman–Crippen LogP) is 2.30. The van der Waals surface area contributed by atoms with Gasteiger partial charge in [0, 0.05) is 0 Å². The van der Waals surface area contributed by atoms with Gasteiger partial charge in [-0.3, -0.25) is 0 Å². The molecular formula is C12H20N2. The Bertz CT molecular complexity index is 305. The molecule has 0 heterocycles. The van der Waals surface area contributed by atoms with Gasteiger partial charge in [-0.15, -0.1) is 0 Å². The third-order valence-electron chi connectivity index (χ3n) is 2.62. The molecule has 1 unspecified atom stereocenters. The van der Waals surface area contributed by atoms with E-state index in [1.54, 1.807) is 0 Å². The first-order valence-electron chi connectivity index (χ1n) is 5.09. The maximum atomic E-state index is 5.95. The second-order valence-corrected chi connectivity index (χ2v) is 4.04. The van der Waals surface area contributed by atoms with Crippen LogP contribution in [0.15, 0.2) is 18.2 Å². The quantitative estimate of drug-likeness (QED) is 0.721. The summed E-state index contributed by atoms with van der Waals surface area (Å²) in [5, 5.41) is 3.07. The van der Waals surface area contributed by atoms with Crippen molar-refractivity contribution in [1.29, 1.82) is 0 Å². The van der Waals surface area contributed by atoms with Crippen molar-refractivity contribution in [2.45, 2.75) is 32.9 Å².